The van der Waals surface area contributed by atoms with E-state index in [1.165, 1.54) is 0 Å². The quantitative estimate of drug-likeness (QED) is 0.845. The van der Waals surface area contributed by atoms with E-state index in [0.29, 0.717) is 18.5 Å². The second kappa shape index (κ2) is 4.94. The van der Waals surface area contributed by atoms with Gasteiger partial charge in [0, 0.05) is 5.92 Å². The van der Waals surface area contributed by atoms with Crippen LogP contribution in [0.4, 0.5) is 6.01 Å². The van der Waals surface area contributed by atoms with Crippen LogP contribution in [0, 0.1) is 0 Å². The normalized spacial score (nSPS) is 11.1. The molecule has 0 radical (unpaired) electrons. The van der Waals surface area contributed by atoms with E-state index < -0.39 is 0 Å². The summed E-state index contributed by atoms with van der Waals surface area (Å²) in [6.45, 7) is 7.29. The summed E-state index contributed by atoms with van der Waals surface area (Å²) in [4.78, 5) is 1.63. The molecule has 7 heteroatoms. The lowest BCUT2D eigenvalue weighted by atomic mass is 10.2. The molecule has 0 fully saturated rings. The van der Waals surface area contributed by atoms with E-state index in [4.69, 9.17) is 4.42 Å². The molecule has 2 aromatic rings. The fraction of sp³-hybridized carbons (Fsp3) is 0.600. The third-order valence-corrected chi connectivity index (χ3v) is 2.22. The zero-order valence-electron chi connectivity index (χ0n) is 10.2. The smallest absolute Gasteiger partial charge is 0.315 e. The average molecular weight is 236 g/mol. The van der Waals surface area contributed by atoms with Crippen LogP contribution in [0.15, 0.2) is 10.6 Å². The van der Waals surface area contributed by atoms with Gasteiger partial charge in [0.25, 0.3) is 0 Å². The number of hydrogen-bond acceptors (Lipinski definition) is 6. The van der Waals surface area contributed by atoms with Crippen molar-refractivity contribution in [3.05, 3.63) is 17.8 Å². The van der Waals surface area contributed by atoms with Gasteiger partial charge in [-0.25, -0.2) is 0 Å². The van der Waals surface area contributed by atoms with Crippen LogP contribution in [0.25, 0.3) is 0 Å². The zero-order valence-corrected chi connectivity index (χ0v) is 10.2. The molecule has 1 N–H and O–H groups in total. The first-order chi connectivity index (χ1) is 8.19. The molecule has 0 aliphatic rings. The molecule has 0 amide bonds. The molecule has 0 atom stereocenters. The second-order valence-corrected chi connectivity index (χ2v) is 3.98. The number of rotatable bonds is 5. The van der Waals surface area contributed by atoms with E-state index in [1.54, 1.807) is 11.0 Å². The predicted octanol–water partition coefficient (Wildman–Crippen LogP) is 1.42. The highest BCUT2D eigenvalue weighted by Crippen LogP contribution is 2.14. The minimum absolute atomic E-state index is 0.235. The average Bonchev–Trinajstić information content (AvgIpc) is 2.95. The van der Waals surface area contributed by atoms with Crippen molar-refractivity contribution in [1.29, 1.82) is 0 Å². The monoisotopic (exact) mass is 236 g/mol. The van der Waals surface area contributed by atoms with E-state index >= 15 is 0 Å². The molecule has 7 nitrogen and oxygen atoms in total. The highest BCUT2D eigenvalue weighted by Gasteiger charge is 2.09. The Balaban J connectivity index is 1.92. The summed E-state index contributed by atoms with van der Waals surface area (Å²) in [5.74, 6) is 0.865. The van der Waals surface area contributed by atoms with Crippen molar-refractivity contribution >= 4 is 6.01 Å². The van der Waals surface area contributed by atoms with Gasteiger partial charge in [0.15, 0.2) is 0 Å². The van der Waals surface area contributed by atoms with Gasteiger partial charge in [0.05, 0.1) is 19.3 Å². The van der Waals surface area contributed by atoms with E-state index in [9.17, 15) is 0 Å². The summed E-state index contributed by atoms with van der Waals surface area (Å²) < 4.78 is 5.41. The molecule has 0 saturated heterocycles. The predicted molar refractivity (Wildman–Crippen MR) is 61.4 cm³/mol. The Labute approximate surface area is 99.2 Å². The lowest BCUT2D eigenvalue weighted by Crippen LogP contribution is -2.03. The van der Waals surface area contributed by atoms with E-state index in [-0.39, 0.29) is 5.92 Å². The maximum atomic E-state index is 5.41. The number of aromatic nitrogens is 5. The van der Waals surface area contributed by atoms with Crippen molar-refractivity contribution in [2.24, 2.45) is 0 Å². The maximum Gasteiger partial charge on any atom is 0.315 e. The van der Waals surface area contributed by atoms with Gasteiger partial charge in [-0.2, -0.15) is 15.0 Å². The fourth-order valence-electron chi connectivity index (χ4n) is 1.27. The molecule has 0 aromatic carbocycles. The Kier molecular flexibility index (Phi) is 3.36. The first-order valence-electron chi connectivity index (χ1n) is 5.65. The van der Waals surface area contributed by atoms with Gasteiger partial charge in [-0.15, -0.1) is 5.10 Å². The van der Waals surface area contributed by atoms with Gasteiger partial charge in [0.1, 0.15) is 5.69 Å². The summed E-state index contributed by atoms with van der Waals surface area (Å²) in [5.41, 5.74) is 0.844. The summed E-state index contributed by atoms with van der Waals surface area (Å²) in [6.07, 6.45) is 1.72. The lowest BCUT2D eigenvalue weighted by molar-refractivity contribution is 0.479. The van der Waals surface area contributed by atoms with Crippen molar-refractivity contribution < 1.29 is 4.42 Å². The van der Waals surface area contributed by atoms with Crippen LogP contribution in [-0.2, 0) is 13.1 Å². The van der Waals surface area contributed by atoms with Crippen molar-refractivity contribution in [3.63, 3.8) is 0 Å². The van der Waals surface area contributed by atoms with E-state index in [1.807, 2.05) is 20.8 Å². The van der Waals surface area contributed by atoms with Crippen molar-refractivity contribution in [3.8, 4) is 0 Å². The van der Waals surface area contributed by atoms with E-state index in [0.717, 1.165) is 12.2 Å². The molecule has 2 aromatic heterocycles. The lowest BCUT2D eigenvalue weighted by Gasteiger charge is -1.97. The molecule has 17 heavy (non-hydrogen) atoms. The molecule has 0 spiro atoms. The van der Waals surface area contributed by atoms with Crippen LogP contribution in [-0.4, -0.2) is 25.2 Å². The van der Waals surface area contributed by atoms with Gasteiger partial charge in [-0.3, -0.25) is 0 Å². The number of nitrogens with zero attached hydrogens (tertiary/aromatic N) is 5. The van der Waals surface area contributed by atoms with Crippen molar-refractivity contribution in [2.75, 3.05) is 5.32 Å². The number of hydrogen-bond donors (Lipinski definition) is 1. The Morgan fingerprint density at radius 1 is 1.41 bits per heavy atom. The Morgan fingerprint density at radius 2 is 2.24 bits per heavy atom. The molecule has 2 rings (SSSR count). The maximum absolute atomic E-state index is 5.41. The molecular formula is C10H16N6O. The largest absolute Gasteiger partial charge is 0.408 e. The van der Waals surface area contributed by atoms with Gasteiger partial charge >= 0.3 is 6.01 Å². The minimum Gasteiger partial charge on any atom is -0.408 e. The fourth-order valence-corrected chi connectivity index (χ4v) is 1.27. The van der Waals surface area contributed by atoms with Crippen LogP contribution in [0.1, 0.15) is 38.3 Å². The number of nitrogens with one attached hydrogen (secondary N) is 1. The topological polar surface area (TPSA) is 81.7 Å². The van der Waals surface area contributed by atoms with Gasteiger partial charge in [-0.05, 0) is 6.92 Å². The summed E-state index contributed by atoms with van der Waals surface area (Å²) in [5, 5.41) is 19.2. The van der Waals surface area contributed by atoms with Gasteiger partial charge in [-0.1, -0.05) is 18.9 Å². The summed E-state index contributed by atoms with van der Waals surface area (Å²) >= 11 is 0. The molecule has 0 bridgehead atoms. The highest BCUT2D eigenvalue weighted by atomic mass is 16.4. The number of aryl methyl sites for hydroxylation is 1. The SMILES string of the molecule is CCn1ncc(CNc2nnc(C(C)C)o2)n1. The highest BCUT2D eigenvalue weighted by molar-refractivity contribution is 5.18. The van der Waals surface area contributed by atoms with Gasteiger partial charge in [0.2, 0.25) is 5.89 Å². The van der Waals surface area contributed by atoms with Gasteiger partial charge < -0.3 is 9.73 Å². The third-order valence-electron chi connectivity index (χ3n) is 2.22. The first kappa shape index (κ1) is 11.6. The molecule has 2 heterocycles. The first-order valence-corrected chi connectivity index (χ1v) is 5.65. The third kappa shape index (κ3) is 2.80. The Bertz CT molecular complexity index is 475. The molecule has 0 saturated carbocycles. The van der Waals surface area contributed by atoms with E-state index in [2.05, 4.69) is 25.7 Å². The minimum atomic E-state index is 0.235. The standard InChI is InChI=1S/C10H16N6O/c1-4-16-12-6-8(15-16)5-11-10-14-13-9(17-10)7(2)3/h6-7H,4-5H2,1-3H3,(H,11,14). The Hall–Kier alpha value is -1.92. The molecule has 92 valence electrons. The van der Waals surface area contributed by atoms with Crippen LogP contribution < -0.4 is 5.32 Å². The van der Waals surface area contributed by atoms with Crippen LogP contribution in [0.5, 0.6) is 0 Å². The zero-order chi connectivity index (χ0) is 12.3. The molecule has 0 unspecified atom stereocenters. The van der Waals surface area contributed by atoms with Crippen LogP contribution in [0.2, 0.25) is 0 Å². The summed E-state index contributed by atoms with van der Waals surface area (Å²) in [7, 11) is 0. The molecular weight excluding hydrogens is 220 g/mol. The van der Waals surface area contributed by atoms with Crippen LogP contribution in [0.3, 0.4) is 0 Å². The van der Waals surface area contributed by atoms with Crippen molar-refractivity contribution in [2.45, 2.75) is 39.8 Å². The Morgan fingerprint density at radius 3 is 2.82 bits per heavy atom. The number of anilines is 1. The van der Waals surface area contributed by atoms with Crippen molar-refractivity contribution in [1.82, 2.24) is 25.2 Å². The second-order valence-electron chi connectivity index (χ2n) is 3.98. The summed E-state index contributed by atoms with van der Waals surface area (Å²) in [6, 6.07) is 0.416. The van der Waals surface area contributed by atoms with Crippen LogP contribution >= 0.6 is 0 Å². The molecule has 0 aliphatic carbocycles. The molecule has 0 aliphatic heterocycles.